The third kappa shape index (κ3) is 4.70. The zero-order valence-corrected chi connectivity index (χ0v) is 16.2. The van der Waals surface area contributed by atoms with E-state index in [4.69, 9.17) is 4.74 Å². The number of carbonyl (C=O) groups is 1. The molecule has 0 unspecified atom stereocenters. The molecule has 1 saturated heterocycles. The SMILES string of the molecule is CC(=O)Nc1ccc(CN2CCOC[C@H]2c2ncc(-c3ccc(F)cc3)[nH]2)cc1. The van der Waals surface area contributed by atoms with E-state index in [0.717, 1.165) is 41.4 Å². The summed E-state index contributed by atoms with van der Waals surface area (Å²) in [4.78, 5) is 21.4. The third-order valence-corrected chi connectivity index (χ3v) is 4.97. The van der Waals surface area contributed by atoms with Gasteiger partial charge in [-0.15, -0.1) is 0 Å². The van der Waals surface area contributed by atoms with E-state index in [1.54, 1.807) is 18.3 Å². The summed E-state index contributed by atoms with van der Waals surface area (Å²) in [6.45, 7) is 4.27. The topological polar surface area (TPSA) is 70.2 Å². The molecule has 2 N–H and O–H groups in total. The Kier molecular flexibility index (Phi) is 5.69. The zero-order valence-electron chi connectivity index (χ0n) is 16.2. The van der Waals surface area contributed by atoms with Gasteiger partial charge in [0, 0.05) is 25.7 Å². The molecule has 6 nitrogen and oxygen atoms in total. The number of rotatable bonds is 5. The van der Waals surface area contributed by atoms with Crippen LogP contribution >= 0.6 is 0 Å². The average molecular weight is 394 g/mol. The zero-order chi connectivity index (χ0) is 20.2. The molecule has 4 rings (SSSR count). The van der Waals surface area contributed by atoms with Gasteiger partial charge in [0.25, 0.3) is 0 Å². The van der Waals surface area contributed by atoms with Gasteiger partial charge < -0.3 is 15.0 Å². The van der Waals surface area contributed by atoms with Crippen molar-refractivity contribution in [2.45, 2.75) is 19.5 Å². The van der Waals surface area contributed by atoms with Crippen LogP contribution in [0, 0.1) is 5.82 Å². The Balaban J connectivity index is 1.49. The normalized spacial score (nSPS) is 17.2. The van der Waals surface area contributed by atoms with Crippen LogP contribution in [0.15, 0.2) is 54.7 Å². The standard InChI is InChI=1S/C22H23FN4O2/c1-15(28)25-19-8-2-16(3-9-19)13-27-10-11-29-14-21(27)22-24-12-20(26-22)17-4-6-18(23)7-5-17/h2-9,12,21H,10-11,13-14H2,1H3,(H,24,26)(H,25,28)/t21-/m0/s1. The van der Waals surface area contributed by atoms with E-state index in [2.05, 4.69) is 20.2 Å². The van der Waals surface area contributed by atoms with Gasteiger partial charge in [-0.05, 0) is 47.5 Å². The first-order valence-corrected chi connectivity index (χ1v) is 9.57. The predicted octanol–water partition coefficient (Wildman–Crippen LogP) is 3.75. The number of H-pyrrole nitrogens is 1. The highest BCUT2D eigenvalue weighted by Crippen LogP contribution is 2.27. The van der Waals surface area contributed by atoms with Crippen LogP contribution in [-0.2, 0) is 16.1 Å². The number of ether oxygens (including phenoxy) is 1. The Morgan fingerprint density at radius 2 is 2.00 bits per heavy atom. The lowest BCUT2D eigenvalue weighted by molar-refractivity contribution is -0.114. The maximum Gasteiger partial charge on any atom is 0.221 e. The fourth-order valence-corrected chi connectivity index (χ4v) is 3.49. The fraction of sp³-hybridized carbons (Fsp3) is 0.273. The van der Waals surface area contributed by atoms with Gasteiger partial charge in [-0.3, -0.25) is 9.69 Å². The van der Waals surface area contributed by atoms with Crippen molar-refractivity contribution in [1.82, 2.24) is 14.9 Å². The van der Waals surface area contributed by atoms with E-state index >= 15 is 0 Å². The van der Waals surface area contributed by atoms with Crippen molar-refractivity contribution in [1.29, 1.82) is 0 Å². The second-order valence-corrected chi connectivity index (χ2v) is 7.13. The number of halogens is 1. The van der Waals surface area contributed by atoms with E-state index < -0.39 is 0 Å². The van der Waals surface area contributed by atoms with Crippen LogP contribution in [0.3, 0.4) is 0 Å². The highest BCUT2D eigenvalue weighted by Gasteiger charge is 2.27. The minimum atomic E-state index is -0.259. The number of carbonyl (C=O) groups excluding carboxylic acids is 1. The third-order valence-electron chi connectivity index (χ3n) is 4.97. The van der Waals surface area contributed by atoms with E-state index in [-0.39, 0.29) is 17.8 Å². The first-order valence-electron chi connectivity index (χ1n) is 9.57. The maximum absolute atomic E-state index is 13.2. The molecular weight excluding hydrogens is 371 g/mol. The first-order chi connectivity index (χ1) is 14.1. The van der Waals surface area contributed by atoms with Gasteiger partial charge in [0.1, 0.15) is 11.6 Å². The average Bonchev–Trinajstić information content (AvgIpc) is 3.20. The lowest BCUT2D eigenvalue weighted by Crippen LogP contribution is -2.39. The summed E-state index contributed by atoms with van der Waals surface area (Å²) in [5, 5.41) is 2.78. The molecule has 1 amide bonds. The molecule has 0 bridgehead atoms. The van der Waals surface area contributed by atoms with Crippen LogP contribution in [-0.4, -0.2) is 40.5 Å². The molecular formula is C22H23FN4O2. The Bertz CT molecular complexity index is 969. The summed E-state index contributed by atoms with van der Waals surface area (Å²) in [6, 6.07) is 14.2. The molecule has 0 spiro atoms. The molecule has 1 atom stereocenters. The number of aromatic nitrogens is 2. The van der Waals surface area contributed by atoms with E-state index in [1.165, 1.54) is 19.1 Å². The van der Waals surface area contributed by atoms with Crippen molar-refractivity contribution in [3.8, 4) is 11.3 Å². The van der Waals surface area contributed by atoms with Gasteiger partial charge in [0.15, 0.2) is 0 Å². The summed E-state index contributed by atoms with van der Waals surface area (Å²) in [7, 11) is 0. The summed E-state index contributed by atoms with van der Waals surface area (Å²) < 4.78 is 18.9. The molecule has 0 aliphatic carbocycles. The van der Waals surface area contributed by atoms with Gasteiger partial charge in [0.05, 0.1) is 31.1 Å². The second-order valence-electron chi connectivity index (χ2n) is 7.13. The molecule has 3 aromatic rings. The molecule has 1 aliphatic rings. The van der Waals surface area contributed by atoms with Crippen LogP contribution < -0.4 is 5.32 Å². The maximum atomic E-state index is 13.2. The molecule has 0 radical (unpaired) electrons. The summed E-state index contributed by atoms with van der Waals surface area (Å²) >= 11 is 0. The Labute approximate surface area is 168 Å². The number of benzene rings is 2. The quantitative estimate of drug-likeness (QED) is 0.692. The van der Waals surface area contributed by atoms with Gasteiger partial charge in [-0.25, -0.2) is 9.37 Å². The molecule has 29 heavy (non-hydrogen) atoms. The highest BCUT2D eigenvalue weighted by molar-refractivity contribution is 5.88. The highest BCUT2D eigenvalue weighted by atomic mass is 19.1. The van der Waals surface area contributed by atoms with Crippen molar-refractivity contribution >= 4 is 11.6 Å². The van der Waals surface area contributed by atoms with E-state index in [9.17, 15) is 9.18 Å². The summed E-state index contributed by atoms with van der Waals surface area (Å²) in [5.74, 6) is 0.490. The van der Waals surface area contributed by atoms with E-state index in [0.29, 0.717) is 13.2 Å². The Hall–Kier alpha value is -3.03. The molecule has 2 aromatic carbocycles. The lowest BCUT2D eigenvalue weighted by atomic mass is 10.1. The molecule has 1 aliphatic heterocycles. The number of amides is 1. The molecule has 7 heteroatoms. The summed E-state index contributed by atoms with van der Waals surface area (Å²) in [5.41, 5.74) is 3.68. The largest absolute Gasteiger partial charge is 0.378 e. The van der Waals surface area contributed by atoms with E-state index in [1.807, 2.05) is 24.3 Å². The molecule has 2 heterocycles. The van der Waals surface area contributed by atoms with Crippen molar-refractivity contribution in [3.63, 3.8) is 0 Å². The number of aromatic amines is 1. The second kappa shape index (κ2) is 8.55. The Morgan fingerprint density at radius 1 is 1.24 bits per heavy atom. The van der Waals surface area contributed by atoms with Crippen molar-refractivity contribution < 1.29 is 13.9 Å². The molecule has 1 fully saturated rings. The first kappa shape index (κ1) is 19.3. The van der Waals surface area contributed by atoms with Crippen LogP contribution in [0.2, 0.25) is 0 Å². The van der Waals surface area contributed by atoms with Gasteiger partial charge in [-0.2, -0.15) is 0 Å². The van der Waals surface area contributed by atoms with Gasteiger partial charge in [-0.1, -0.05) is 12.1 Å². The monoisotopic (exact) mass is 394 g/mol. The predicted molar refractivity (Wildman–Crippen MR) is 109 cm³/mol. The van der Waals surface area contributed by atoms with Crippen molar-refractivity contribution in [3.05, 3.63) is 71.9 Å². The lowest BCUT2D eigenvalue weighted by Gasteiger charge is -2.34. The summed E-state index contributed by atoms with van der Waals surface area (Å²) in [6.07, 6.45) is 1.78. The number of nitrogens with one attached hydrogen (secondary N) is 2. The van der Waals surface area contributed by atoms with Crippen LogP contribution in [0.4, 0.5) is 10.1 Å². The Morgan fingerprint density at radius 3 is 2.72 bits per heavy atom. The number of nitrogens with zero attached hydrogens (tertiary/aromatic N) is 2. The minimum Gasteiger partial charge on any atom is -0.378 e. The minimum absolute atomic E-state index is 0.00738. The van der Waals surface area contributed by atoms with Crippen LogP contribution in [0.1, 0.15) is 24.4 Å². The van der Waals surface area contributed by atoms with Gasteiger partial charge in [0.2, 0.25) is 5.91 Å². The number of morpholine rings is 1. The number of hydrogen-bond donors (Lipinski definition) is 2. The number of imidazole rings is 1. The molecule has 0 saturated carbocycles. The number of anilines is 1. The fourth-order valence-electron chi connectivity index (χ4n) is 3.49. The van der Waals surface area contributed by atoms with Crippen molar-refractivity contribution in [2.75, 3.05) is 25.1 Å². The van der Waals surface area contributed by atoms with Crippen molar-refractivity contribution in [2.24, 2.45) is 0 Å². The number of hydrogen-bond acceptors (Lipinski definition) is 4. The van der Waals surface area contributed by atoms with Crippen LogP contribution in [0.5, 0.6) is 0 Å². The van der Waals surface area contributed by atoms with Gasteiger partial charge >= 0.3 is 0 Å². The smallest absolute Gasteiger partial charge is 0.221 e. The van der Waals surface area contributed by atoms with Crippen LogP contribution in [0.25, 0.3) is 11.3 Å². The molecule has 1 aromatic heterocycles. The molecule has 150 valence electrons.